The van der Waals surface area contributed by atoms with E-state index in [2.05, 4.69) is 16.9 Å². The first-order valence-electron chi connectivity index (χ1n) is 6.54. The fourth-order valence-corrected chi connectivity index (χ4v) is 4.47. The first-order chi connectivity index (χ1) is 9.25. The highest BCUT2D eigenvalue weighted by molar-refractivity contribution is 7.71. The van der Waals surface area contributed by atoms with Gasteiger partial charge in [-0.1, -0.05) is 12.2 Å². The van der Waals surface area contributed by atoms with E-state index >= 15 is 0 Å². The summed E-state index contributed by atoms with van der Waals surface area (Å²) >= 11 is 7.00. The number of fused-ring (bicyclic) bond motifs is 5. The molecule has 3 aromatic heterocycles. The van der Waals surface area contributed by atoms with Gasteiger partial charge in [-0.25, -0.2) is 9.97 Å². The summed E-state index contributed by atoms with van der Waals surface area (Å²) in [4.78, 5) is 13.3. The molecule has 0 aliphatic heterocycles. The minimum atomic E-state index is 0.680. The molecular weight excluding hydrogens is 274 g/mol. The largest absolute Gasteiger partial charge is 0.344 e. The molecule has 3 aromatic rings. The highest BCUT2D eigenvalue weighted by atomic mass is 32.1. The summed E-state index contributed by atoms with van der Waals surface area (Å²) in [5, 5.41) is 1.29. The van der Waals surface area contributed by atoms with E-state index in [-0.39, 0.29) is 0 Å². The molecule has 3 heterocycles. The van der Waals surface area contributed by atoms with Gasteiger partial charge in [-0.3, -0.25) is 0 Å². The van der Waals surface area contributed by atoms with E-state index in [9.17, 15) is 0 Å². The molecular formula is C14H13N3S2. The van der Waals surface area contributed by atoms with Crippen LogP contribution in [0.4, 0.5) is 0 Å². The summed E-state index contributed by atoms with van der Waals surface area (Å²) in [5.41, 5.74) is 5.25. The van der Waals surface area contributed by atoms with Crippen LogP contribution in [0.2, 0.25) is 0 Å². The van der Waals surface area contributed by atoms with E-state index < -0.39 is 0 Å². The number of nitrogens with one attached hydrogen (secondary N) is 1. The summed E-state index contributed by atoms with van der Waals surface area (Å²) in [7, 11) is 0. The van der Waals surface area contributed by atoms with Crippen LogP contribution < -0.4 is 0 Å². The van der Waals surface area contributed by atoms with Crippen molar-refractivity contribution in [3.63, 3.8) is 0 Å². The SMILES string of the molecule is Cc1nc2sc3c(=S)nc[nH]c3c2c2c1CCCC2. The molecule has 1 aliphatic carbocycles. The zero-order valence-corrected chi connectivity index (χ0v) is 12.2. The van der Waals surface area contributed by atoms with Crippen LogP contribution in [0, 0.1) is 11.6 Å². The fourth-order valence-electron chi connectivity index (χ4n) is 3.08. The minimum Gasteiger partial charge on any atom is -0.344 e. The van der Waals surface area contributed by atoms with Crippen LogP contribution in [0.3, 0.4) is 0 Å². The Morgan fingerprint density at radius 3 is 2.89 bits per heavy atom. The van der Waals surface area contributed by atoms with Crippen LogP contribution in [-0.4, -0.2) is 15.0 Å². The molecule has 4 rings (SSSR count). The molecule has 0 unspecified atom stereocenters. The van der Waals surface area contributed by atoms with Crippen molar-refractivity contribution in [2.45, 2.75) is 32.6 Å². The van der Waals surface area contributed by atoms with E-state index in [0.717, 1.165) is 27.9 Å². The van der Waals surface area contributed by atoms with Gasteiger partial charge >= 0.3 is 0 Å². The Hall–Kier alpha value is -1.33. The Morgan fingerprint density at radius 2 is 2.05 bits per heavy atom. The minimum absolute atomic E-state index is 0.680. The Labute approximate surface area is 119 Å². The van der Waals surface area contributed by atoms with Gasteiger partial charge in [-0.05, 0) is 43.7 Å². The first kappa shape index (κ1) is 11.5. The number of aromatic amines is 1. The molecule has 1 aliphatic rings. The second-order valence-corrected chi connectivity index (χ2v) is 6.44. The van der Waals surface area contributed by atoms with Gasteiger partial charge in [0, 0.05) is 11.1 Å². The van der Waals surface area contributed by atoms with E-state index in [1.54, 1.807) is 17.7 Å². The van der Waals surface area contributed by atoms with E-state index in [1.807, 2.05) is 0 Å². The van der Waals surface area contributed by atoms with Crippen molar-refractivity contribution in [1.29, 1.82) is 0 Å². The highest BCUT2D eigenvalue weighted by Gasteiger charge is 2.20. The quantitative estimate of drug-likeness (QED) is 0.633. The van der Waals surface area contributed by atoms with Crippen molar-refractivity contribution in [2.75, 3.05) is 0 Å². The first-order valence-corrected chi connectivity index (χ1v) is 7.76. The molecule has 5 heteroatoms. The molecule has 0 spiro atoms. The van der Waals surface area contributed by atoms with Gasteiger partial charge in [-0.2, -0.15) is 0 Å². The zero-order valence-electron chi connectivity index (χ0n) is 10.6. The molecule has 0 radical (unpaired) electrons. The third-order valence-corrected chi connectivity index (χ3v) is 5.48. The lowest BCUT2D eigenvalue weighted by Crippen LogP contribution is -2.06. The van der Waals surface area contributed by atoms with Crippen LogP contribution >= 0.6 is 23.6 Å². The second kappa shape index (κ2) is 4.08. The van der Waals surface area contributed by atoms with Crippen LogP contribution in [-0.2, 0) is 12.8 Å². The molecule has 0 saturated heterocycles. The Morgan fingerprint density at radius 1 is 1.26 bits per heavy atom. The van der Waals surface area contributed by atoms with Gasteiger partial charge in [0.15, 0.2) is 0 Å². The topological polar surface area (TPSA) is 41.6 Å². The molecule has 0 aromatic carbocycles. The summed E-state index contributed by atoms with van der Waals surface area (Å²) in [6.45, 7) is 2.13. The number of hydrogen-bond acceptors (Lipinski definition) is 4. The zero-order chi connectivity index (χ0) is 13.0. The predicted molar refractivity (Wildman–Crippen MR) is 81.5 cm³/mol. The number of aromatic nitrogens is 3. The number of rotatable bonds is 0. The van der Waals surface area contributed by atoms with Gasteiger partial charge in [0.25, 0.3) is 0 Å². The van der Waals surface area contributed by atoms with E-state index in [0.29, 0.717) is 4.64 Å². The maximum Gasteiger partial charge on any atom is 0.147 e. The predicted octanol–water partition coefficient (Wildman–Crippen LogP) is 4.09. The van der Waals surface area contributed by atoms with Crippen molar-refractivity contribution in [1.82, 2.24) is 15.0 Å². The number of thiophene rings is 1. The Kier molecular flexibility index (Phi) is 2.47. The van der Waals surface area contributed by atoms with Gasteiger partial charge < -0.3 is 4.98 Å². The number of H-pyrrole nitrogens is 1. The van der Waals surface area contributed by atoms with Crippen LogP contribution in [0.5, 0.6) is 0 Å². The van der Waals surface area contributed by atoms with Crippen LogP contribution in [0.15, 0.2) is 6.33 Å². The number of hydrogen-bond donors (Lipinski definition) is 1. The molecule has 3 nitrogen and oxygen atoms in total. The van der Waals surface area contributed by atoms with Crippen LogP contribution in [0.25, 0.3) is 20.4 Å². The maximum atomic E-state index is 5.33. The number of aryl methyl sites for hydroxylation is 2. The molecule has 96 valence electrons. The maximum absolute atomic E-state index is 5.33. The number of pyridine rings is 1. The van der Waals surface area contributed by atoms with Gasteiger partial charge in [0.2, 0.25) is 0 Å². The van der Waals surface area contributed by atoms with Gasteiger partial charge in [0.05, 0.1) is 16.5 Å². The van der Waals surface area contributed by atoms with Crippen molar-refractivity contribution in [3.8, 4) is 0 Å². The Balaban J connectivity index is 2.26. The molecule has 0 bridgehead atoms. The Bertz CT molecular complexity index is 860. The van der Waals surface area contributed by atoms with Crippen LogP contribution in [0.1, 0.15) is 29.7 Å². The van der Waals surface area contributed by atoms with Crippen molar-refractivity contribution < 1.29 is 0 Å². The van der Waals surface area contributed by atoms with Gasteiger partial charge in [-0.15, -0.1) is 11.3 Å². The van der Waals surface area contributed by atoms with Crippen molar-refractivity contribution in [3.05, 3.63) is 27.8 Å². The lowest BCUT2D eigenvalue weighted by molar-refractivity contribution is 0.683. The normalized spacial score (nSPS) is 15.0. The molecule has 1 N–H and O–H groups in total. The summed E-state index contributed by atoms with van der Waals surface area (Å²) in [6, 6.07) is 0. The number of nitrogens with zero attached hydrogens (tertiary/aromatic N) is 2. The molecule has 0 fully saturated rings. The third-order valence-electron chi connectivity index (χ3n) is 3.95. The monoisotopic (exact) mass is 287 g/mol. The molecule has 19 heavy (non-hydrogen) atoms. The standard InChI is InChI=1S/C14H13N3S2/c1-7-8-4-2-3-5-9(8)10-11-12(19-14(10)17-7)13(18)16-6-15-11/h6H,2-5H2,1H3,(H,15,16,18). The van der Waals surface area contributed by atoms with Gasteiger partial charge in [0.1, 0.15) is 9.47 Å². The second-order valence-electron chi connectivity index (χ2n) is 5.06. The lowest BCUT2D eigenvalue weighted by atomic mass is 9.89. The molecule has 0 atom stereocenters. The highest BCUT2D eigenvalue weighted by Crippen LogP contribution is 2.38. The van der Waals surface area contributed by atoms with Crippen molar-refractivity contribution >= 4 is 44.0 Å². The smallest absolute Gasteiger partial charge is 0.147 e. The fraction of sp³-hybridized carbons (Fsp3) is 0.357. The van der Waals surface area contributed by atoms with Crippen molar-refractivity contribution in [2.24, 2.45) is 0 Å². The molecule has 0 amide bonds. The summed E-state index contributed by atoms with van der Waals surface area (Å²) in [6.07, 6.45) is 6.57. The third kappa shape index (κ3) is 1.58. The summed E-state index contributed by atoms with van der Waals surface area (Å²) < 4.78 is 1.75. The lowest BCUT2D eigenvalue weighted by Gasteiger charge is -2.18. The average molecular weight is 287 g/mol. The average Bonchev–Trinajstić information content (AvgIpc) is 2.79. The molecule has 0 saturated carbocycles. The summed E-state index contributed by atoms with van der Waals surface area (Å²) in [5.74, 6) is 0. The van der Waals surface area contributed by atoms with E-state index in [1.165, 1.54) is 35.0 Å². The van der Waals surface area contributed by atoms with E-state index in [4.69, 9.17) is 17.2 Å².